The molecule has 1 unspecified atom stereocenters. The van der Waals surface area contributed by atoms with Crippen molar-refractivity contribution in [2.24, 2.45) is 5.73 Å². The van der Waals surface area contributed by atoms with Gasteiger partial charge < -0.3 is 5.73 Å². The van der Waals surface area contributed by atoms with Gasteiger partial charge in [-0.3, -0.25) is 9.69 Å². The molecule has 1 aliphatic heterocycles. The Kier molecular flexibility index (Phi) is 4.06. The molecule has 5 nitrogen and oxygen atoms in total. The van der Waals surface area contributed by atoms with Gasteiger partial charge in [0.1, 0.15) is 5.01 Å². The van der Waals surface area contributed by atoms with E-state index in [4.69, 9.17) is 5.73 Å². The van der Waals surface area contributed by atoms with Crippen molar-refractivity contribution in [2.45, 2.75) is 45.1 Å². The molecular weight excluding hydrogens is 236 g/mol. The Labute approximate surface area is 105 Å². The number of aromatic nitrogens is 2. The summed E-state index contributed by atoms with van der Waals surface area (Å²) in [5.74, 6) is 0.0637. The third-order valence-corrected chi connectivity index (χ3v) is 3.84. The van der Waals surface area contributed by atoms with Crippen molar-refractivity contribution >= 4 is 22.4 Å². The number of nitrogens with zero attached hydrogens (tertiary/aromatic N) is 3. The predicted molar refractivity (Wildman–Crippen MR) is 68.1 cm³/mol. The number of amides is 1. The zero-order chi connectivity index (χ0) is 12.3. The SMILES string of the molecule is CCCCCc1nnc(N2CC(N)CC2=O)s1. The first-order valence-corrected chi connectivity index (χ1v) is 6.90. The van der Waals surface area contributed by atoms with Gasteiger partial charge in [-0.05, 0) is 6.42 Å². The Balaban J connectivity index is 1.96. The minimum Gasteiger partial charge on any atom is -0.326 e. The Morgan fingerprint density at radius 1 is 1.47 bits per heavy atom. The van der Waals surface area contributed by atoms with Crippen LogP contribution in [0.4, 0.5) is 5.13 Å². The molecule has 1 aliphatic rings. The van der Waals surface area contributed by atoms with Crippen LogP contribution in [0.3, 0.4) is 0 Å². The molecule has 2 N–H and O–H groups in total. The first-order chi connectivity index (χ1) is 8.20. The van der Waals surface area contributed by atoms with E-state index in [9.17, 15) is 4.79 Å². The molecule has 0 aromatic carbocycles. The molecule has 6 heteroatoms. The van der Waals surface area contributed by atoms with Gasteiger partial charge in [-0.15, -0.1) is 10.2 Å². The maximum absolute atomic E-state index is 11.6. The highest BCUT2D eigenvalue weighted by molar-refractivity contribution is 7.15. The van der Waals surface area contributed by atoms with Crippen molar-refractivity contribution in [1.29, 1.82) is 0 Å². The number of rotatable bonds is 5. The van der Waals surface area contributed by atoms with Gasteiger partial charge in [-0.25, -0.2) is 0 Å². The second-order valence-electron chi connectivity index (χ2n) is 4.40. The van der Waals surface area contributed by atoms with Gasteiger partial charge in [0.2, 0.25) is 11.0 Å². The molecule has 1 atom stereocenters. The van der Waals surface area contributed by atoms with E-state index in [1.807, 2.05) is 0 Å². The smallest absolute Gasteiger partial charge is 0.230 e. The van der Waals surface area contributed by atoms with Crippen molar-refractivity contribution in [2.75, 3.05) is 11.4 Å². The number of nitrogens with two attached hydrogens (primary N) is 1. The lowest BCUT2D eigenvalue weighted by Gasteiger charge is -2.09. The molecule has 17 heavy (non-hydrogen) atoms. The first kappa shape index (κ1) is 12.4. The largest absolute Gasteiger partial charge is 0.326 e. The minimum atomic E-state index is -0.0602. The van der Waals surface area contributed by atoms with Crippen molar-refractivity contribution < 1.29 is 4.79 Å². The molecule has 2 heterocycles. The molecule has 0 saturated carbocycles. The molecule has 1 aromatic rings. The molecule has 1 amide bonds. The molecule has 0 bridgehead atoms. The molecule has 0 spiro atoms. The normalized spacial score (nSPS) is 20.2. The van der Waals surface area contributed by atoms with Crippen molar-refractivity contribution in [3.63, 3.8) is 0 Å². The number of unbranched alkanes of at least 4 members (excludes halogenated alkanes) is 2. The molecule has 1 saturated heterocycles. The number of hydrogen-bond acceptors (Lipinski definition) is 5. The predicted octanol–water partition coefficient (Wildman–Crippen LogP) is 1.33. The lowest BCUT2D eigenvalue weighted by molar-refractivity contribution is -0.117. The van der Waals surface area contributed by atoms with Crippen LogP contribution in [0.2, 0.25) is 0 Å². The summed E-state index contributed by atoms with van der Waals surface area (Å²) in [5.41, 5.74) is 5.75. The van der Waals surface area contributed by atoms with Crippen molar-refractivity contribution in [3.8, 4) is 0 Å². The number of carbonyl (C=O) groups is 1. The standard InChI is InChI=1S/C11H18N4OS/c1-2-3-4-5-9-13-14-11(17-9)15-7-8(12)6-10(15)16/h8H,2-7,12H2,1H3. The van der Waals surface area contributed by atoms with Gasteiger partial charge in [-0.2, -0.15) is 0 Å². The highest BCUT2D eigenvalue weighted by atomic mass is 32.1. The van der Waals surface area contributed by atoms with Crippen LogP contribution in [0.15, 0.2) is 0 Å². The van der Waals surface area contributed by atoms with Crippen LogP contribution in [0.1, 0.15) is 37.6 Å². The van der Waals surface area contributed by atoms with E-state index < -0.39 is 0 Å². The topological polar surface area (TPSA) is 72.1 Å². The third-order valence-electron chi connectivity index (χ3n) is 2.84. The van der Waals surface area contributed by atoms with E-state index >= 15 is 0 Å². The van der Waals surface area contributed by atoms with Crippen LogP contribution in [0, 0.1) is 0 Å². The van der Waals surface area contributed by atoms with Crippen LogP contribution in [0.25, 0.3) is 0 Å². The summed E-state index contributed by atoms with van der Waals surface area (Å²) in [6.07, 6.45) is 4.93. The van der Waals surface area contributed by atoms with Gasteiger partial charge in [0, 0.05) is 25.4 Å². The highest BCUT2D eigenvalue weighted by Crippen LogP contribution is 2.25. The molecule has 0 radical (unpaired) electrons. The number of carbonyl (C=O) groups excluding carboxylic acids is 1. The third kappa shape index (κ3) is 3.01. The van der Waals surface area contributed by atoms with Crippen LogP contribution in [-0.2, 0) is 11.2 Å². The van der Waals surface area contributed by atoms with E-state index in [0.717, 1.165) is 17.8 Å². The van der Waals surface area contributed by atoms with E-state index in [-0.39, 0.29) is 11.9 Å². The highest BCUT2D eigenvalue weighted by Gasteiger charge is 2.30. The lowest BCUT2D eigenvalue weighted by Crippen LogP contribution is -2.27. The fraction of sp³-hybridized carbons (Fsp3) is 0.727. The maximum atomic E-state index is 11.6. The van der Waals surface area contributed by atoms with Gasteiger partial charge >= 0.3 is 0 Å². The van der Waals surface area contributed by atoms with Gasteiger partial charge in [0.15, 0.2) is 0 Å². The van der Waals surface area contributed by atoms with Crippen molar-refractivity contribution in [1.82, 2.24) is 10.2 Å². The molecule has 2 rings (SSSR count). The molecule has 94 valence electrons. The summed E-state index contributed by atoms with van der Waals surface area (Å²) < 4.78 is 0. The average Bonchev–Trinajstić information content (AvgIpc) is 2.86. The second kappa shape index (κ2) is 5.55. The monoisotopic (exact) mass is 254 g/mol. The van der Waals surface area contributed by atoms with Gasteiger partial charge in [-0.1, -0.05) is 31.1 Å². The maximum Gasteiger partial charge on any atom is 0.230 e. The number of anilines is 1. The van der Waals surface area contributed by atoms with Crippen LogP contribution in [-0.4, -0.2) is 28.7 Å². The zero-order valence-electron chi connectivity index (χ0n) is 10.1. The number of aryl methyl sites for hydroxylation is 1. The fourth-order valence-corrected chi connectivity index (χ4v) is 2.81. The molecule has 1 aromatic heterocycles. The first-order valence-electron chi connectivity index (χ1n) is 6.09. The van der Waals surface area contributed by atoms with E-state index in [1.54, 1.807) is 4.90 Å². The minimum absolute atomic E-state index is 0.0602. The Bertz CT molecular complexity index is 393. The van der Waals surface area contributed by atoms with E-state index in [1.165, 1.54) is 24.2 Å². The summed E-state index contributed by atoms with van der Waals surface area (Å²) in [4.78, 5) is 13.3. The van der Waals surface area contributed by atoms with Gasteiger partial charge in [0.25, 0.3) is 0 Å². The lowest BCUT2D eigenvalue weighted by atomic mass is 10.2. The number of hydrogen-bond donors (Lipinski definition) is 1. The Morgan fingerprint density at radius 2 is 2.29 bits per heavy atom. The van der Waals surface area contributed by atoms with Crippen LogP contribution in [0.5, 0.6) is 0 Å². The zero-order valence-corrected chi connectivity index (χ0v) is 10.9. The van der Waals surface area contributed by atoms with Crippen LogP contribution >= 0.6 is 11.3 Å². The van der Waals surface area contributed by atoms with E-state index in [2.05, 4.69) is 17.1 Å². The van der Waals surface area contributed by atoms with Crippen molar-refractivity contribution in [3.05, 3.63) is 5.01 Å². The Morgan fingerprint density at radius 3 is 2.94 bits per heavy atom. The molecular formula is C11H18N4OS. The van der Waals surface area contributed by atoms with Crippen LogP contribution < -0.4 is 10.6 Å². The fourth-order valence-electron chi connectivity index (χ4n) is 1.90. The summed E-state index contributed by atoms with van der Waals surface area (Å²) in [6.45, 7) is 2.75. The summed E-state index contributed by atoms with van der Waals surface area (Å²) in [7, 11) is 0. The Hall–Kier alpha value is -1.01. The van der Waals surface area contributed by atoms with E-state index in [0.29, 0.717) is 18.1 Å². The molecule has 1 fully saturated rings. The summed E-state index contributed by atoms with van der Waals surface area (Å²) >= 11 is 1.51. The molecule has 0 aliphatic carbocycles. The summed E-state index contributed by atoms with van der Waals surface area (Å²) in [5, 5.41) is 9.92. The second-order valence-corrected chi connectivity index (χ2v) is 5.44. The quantitative estimate of drug-likeness (QED) is 0.805. The summed E-state index contributed by atoms with van der Waals surface area (Å²) in [6, 6.07) is -0.0602. The average molecular weight is 254 g/mol. The van der Waals surface area contributed by atoms with Gasteiger partial charge in [0.05, 0.1) is 0 Å².